The predicted molar refractivity (Wildman–Crippen MR) is 138 cm³/mol. The zero-order valence-electron chi connectivity index (χ0n) is 18.4. The Balaban J connectivity index is 0.00000306. The number of benzene rings is 1. The van der Waals surface area contributed by atoms with E-state index in [4.69, 9.17) is 4.52 Å². The molecule has 1 saturated heterocycles. The predicted octanol–water partition coefficient (Wildman–Crippen LogP) is 3.00. The van der Waals surface area contributed by atoms with Gasteiger partial charge in [0.2, 0.25) is 0 Å². The van der Waals surface area contributed by atoms with Gasteiger partial charge in [-0.3, -0.25) is 9.98 Å². The van der Waals surface area contributed by atoms with Gasteiger partial charge in [-0.05, 0) is 37.1 Å². The van der Waals surface area contributed by atoms with Crippen LogP contribution in [0.3, 0.4) is 0 Å². The Hall–Kier alpha value is -3.20. The van der Waals surface area contributed by atoms with E-state index in [-0.39, 0.29) is 30.0 Å². The number of pyridine rings is 1. The largest absolute Gasteiger partial charge is 0.368 e. The van der Waals surface area contributed by atoms with Gasteiger partial charge >= 0.3 is 0 Å². The number of anilines is 1. The van der Waals surface area contributed by atoms with Gasteiger partial charge in [0.15, 0.2) is 11.8 Å². The molecule has 2 aromatic heterocycles. The summed E-state index contributed by atoms with van der Waals surface area (Å²) in [7, 11) is 1.76. The van der Waals surface area contributed by atoms with Crippen LogP contribution in [0.2, 0.25) is 0 Å². The van der Waals surface area contributed by atoms with E-state index in [2.05, 4.69) is 41.7 Å². The fourth-order valence-electron chi connectivity index (χ4n) is 3.79. The Morgan fingerprint density at radius 2 is 2.12 bits per heavy atom. The number of nitrogens with one attached hydrogen (secondary N) is 2. The molecule has 10 heteroatoms. The number of aliphatic imine (C=N–C) groups is 1. The number of aromatic nitrogens is 3. The lowest BCUT2D eigenvalue weighted by Gasteiger charge is -2.35. The second-order valence-corrected chi connectivity index (χ2v) is 7.54. The van der Waals surface area contributed by atoms with Crippen LogP contribution in [0.1, 0.15) is 24.2 Å². The molecule has 0 saturated carbocycles. The van der Waals surface area contributed by atoms with Gasteiger partial charge in [0.1, 0.15) is 11.8 Å². The van der Waals surface area contributed by atoms with E-state index in [1.807, 2.05) is 42.5 Å². The lowest BCUT2D eigenvalue weighted by Crippen LogP contribution is -2.51. The monoisotopic (exact) mass is 558 g/mol. The zero-order chi connectivity index (χ0) is 22.2. The van der Waals surface area contributed by atoms with Crippen LogP contribution in [0, 0.1) is 11.3 Å². The molecular formula is C23H27IN8O. The standard InChI is InChI=1S/C23H26N8O.HI/c1-25-23(27-13-11-21-29-22(32-30-21)19-9-4-5-12-26-19)28-18-8-6-14-31(16-18)20-10-3-2-7-17(20)15-24;/h2-5,7,9-10,12,18H,6,8,11,13-14,16H2,1H3,(H2,25,27,28);1H. The maximum absolute atomic E-state index is 9.41. The number of para-hydroxylation sites is 1. The third-order valence-electron chi connectivity index (χ3n) is 5.34. The molecule has 0 radical (unpaired) electrons. The summed E-state index contributed by atoms with van der Waals surface area (Å²) < 4.78 is 5.30. The average molecular weight is 558 g/mol. The SMILES string of the molecule is CN=C(NCCc1noc(-c2ccccn2)n1)NC1CCCN(c2ccccc2C#N)C1.I. The normalized spacial score (nSPS) is 15.9. The Labute approximate surface area is 210 Å². The van der Waals surface area contributed by atoms with Crippen LogP contribution in [-0.2, 0) is 6.42 Å². The average Bonchev–Trinajstić information content (AvgIpc) is 3.33. The first kappa shape index (κ1) is 24.4. The summed E-state index contributed by atoms with van der Waals surface area (Å²) in [6.07, 6.45) is 4.39. The van der Waals surface area contributed by atoms with Gasteiger partial charge in [0.25, 0.3) is 5.89 Å². The molecule has 1 aliphatic heterocycles. The van der Waals surface area contributed by atoms with Crippen molar-refractivity contribution in [2.75, 3.05) is 31.6 Å². The molecular weight excluding hydrogens is 531 g/mol. The topological polar surface area (TPSA) is 115 Å². The Morgan fingerprint density at radius 3 is 2.91 bits per heavy atom. The summed E-state index contributed by atoms with van der Waals surface area (Å²) in [5.41, 5.74) is 2.36. The Bertz CT molecular complexity index is 1100. The van der Waals surface area contributed by atoms with E-state index < -0.39 is 0 Å². The van der Waals surface area contributed by atoms with Crippen molar-refractivity contribution < 1.29 is 4.52 Å². The van der Waals surface area contributed by atoms with Gasteiger partial charge < -0.3 is 20.1 Å². The van der Waals surface area contributed by atoms with E-state index in [1.54, 1.807) is 13.2 Å². The van der Waals surface area contributed by atoms with E-state index in [0.717, 1.165) is 37.6 Å². The fraction of sp³-hybridized carbons (Fsp3) is 0.348. The molecule has 0 spiro atoms. The van der Waals surface area contributed by atoms with Gasteiger partial charge in [-0.25, -0.2) is 0 Å². The molecule has 33 heavy (non-hydrogen) atoms. The maximum atomic E-state index is 9.41. The van der Waals surface area contributed by atoms with Gasteiger partial charge in [-0.2, -0.15) is 10.2 Å². The van der Waals surface area contributed by atoms with E-state index in [0.29, 0.717) is 35.9 Å². The summed E-state index contributed by atoms with van der Waals surface area (Å²) in [5.74, 6) is 1.77. The first-order chi connectivity index (χ1) is 15.8. The van der Waals surface area contributed by atoms with Crippen molar-refractivity contribution in [3.8, 4) is 17.7 Å². The second kappa shape index (κ2) is 12.2. The number of hydrogen-bond donors (Lipinski definition) is 2. The number of nitriles is 1. The van der Waals surface area contributed by atoms with E-state index in [1.165, 1.54) is 0 Å². The minimum absolute atomic E-state index is 0. The van der Waals surface area contributed by atoms with Crippen molar-refractivity contribution in [1.29, 1.82) is 5.26 Å². The molecule has 0 amide bonds. The Kier molecular flexibility index (Phi) is 9.00. The van der Waals surface area contributed by atoms with Gasteiger partial charge in [0.05, 0.1) is 11.3 Å². The minimum Gasteiger partial charge on any atom is -0.368 e. The summed E-state index contributed by atoms with van der Waals surface area (Å²) in [5, 5.41) is 20.3. The number of piperidine rings is 1. The van der Waals surface area contributed by atoms with E-state index >= 15 is 0 Å². The molecule has 1 fully saturated rings. The van der Waals surface area contributed by atoms with Crippen LogP contribution in [0.5, 0.6) is 0 Å². The van der Waals surface area contributed by atoms with Crippen molar-refractivity contribution in [3.05, 3.63) is 60.0 Å². The van der Waals surface area contributed by atoms with Crippen molar-refractivity contribution in [2.24, 2.45) is 4.99 Å². The Morgan fingerprint density at radius 1 is 1.27 bits per heavy atom. The number of halogens is 1. The summed E-state index contributed by atoms with van der Waals surface area (Å²) in [6.45, 7) is 2.38. The molecule has 3 aromatic rings. The van der Waals surface area contributed by atoms with Crippen LogP contribution in [0.25, 0.3) is 11.6 Å². The molecule has 1 unspecified atom stereocenters. The summed E-state index contributed by atoms with van der Waals surface area (Å²) >= 11 is 0. The number of rotatable bonds is 6. The third-order valence-corrected chi connectivity index (χ3v) is 5.34. The van der Waals surface area contributed by atoms with Gasteiger partial charge in [-0.1, -0.05) is 23.4 Å². The molecule has 3 heterocycles. The number of nitrogens with zero attached hydrogens (tertiary/aromatic N) is 6. The number of hydrogen-bond acceptors (Lipinski definition) is 7. The van der Waals surface area contributed by atoms with Crippen LogP contribution >= 0.6 is 24.0 Å². The van der Waals surface area contributed by atoms with Crippen molar-refractivity contribution in [1.82, 2.24) is 25.8 Å². The maximum Gasteiger partial charge on any atom is 0.276 e. The van der Waals surface area contributed by atoms with Crippen LogP contribution in [0.15, 0.2) is 58.2 Å². The number of guanidine groups is 1. The fourth-order valence-corrected chi connectivity index (χ4v) is 3.79. The smallest absolute Gasteiger partial charge is 0.276 e. The highest BCUT2D eigenvalue weighted by Gasteiger charge is 2.22. The lowest BCUT2D eigenvalue weighted by molar-refractivity contribution is 0.421. The van der Waals surface area contributed by atoms with Crippen molar-refractivity contribution in [2.45, 2.75) is 25.3 Å². The molecule has 1 aliphatic rings. The molecule has 2 N–H and O–H groups in total. The molecule has 0 aliphatic carbocycles. The first-order valence-electron chi connectivity index (χ1n) is 10.7. The van der Waals surface area contributed by atoms with E-state index in [9.17, 15) is 5.26 Å². The van der Waals surface area contributed by atoms with Crippen LogP contribution < -0.4 is 15.5 Å². The van der Waals surface area contributed by atoms with Crippen LogP contribution in [-0.4, -0.2) is 53.8 Å². The molecule has 172 valence electrons. The van der Waals surface area contributed by atoms with Crippen LogP contribution in [0.4, 0.5) is 5.69 Å². The molecule has 0 bridgehead atoms. The van der Waals surface area contributed by atoms with Crippen molar-refractivity contribution >= 4 is 35.6 Å². The highest BCUT2D eigenvalue weighted by molar-refractivity contribution is 14.0. The van der Waals surface area contributed by atoms with Gasteiger partial charge in [-0.15, -0.1) is 24.0 Å². The minimum atomic E-state index is 0. The molecule has 4 rings (SSSR count). The zero-order valence-corrected chi connectivity index (χ0v) is 20.8. The summed E-state index contributed by atoms with van der Waals surface area (Å²) in [4.78, 5) is 15.2. The molecule has 1 aromatic carbocycles. The third kappa shape index (κ3) is 6.41. The van der Waals surface area contributed by atoms with Crippen molar-refractivity contribution in [3.63, 3.8) is 0 Å². The first-order valence-corrected chi connectivity index (χ1v) is 10.7. The molecule has 1 atom stereocenters. The lowest BCUT2D eigenvalue weighted by atomic mass is 10.0. The summed E-state index contributed by atoms with van der Waals surface area (Å²) in [6, 6.07) is 15.9. The van der Waals surface area contributed by atoms with Gasteiger partial charge in [0, 0.05) is 45.3 Å². The second-order valence-electron chi connectivity index (χ2n) is 7.54. The molecule has 9 nitrogen and oxygen atoms in total. The quantitative estimate of drug-likeness (QED) is 0.270. The highest BCUT2D eigenvalue weighted by atomic mass is 127. The highest BCUT2D eigenvalue weighted by Crippen LogP contribution is 2.23.